The maximum absolute atomic E-state index is 11.7. The lowest BCUT2D eigenvalue weighted by molar-refractivity contribution is -0.140. The summed E-state index contributed by atoms with van der Waals surface area (Å²) in [5.74, 6) is -0.824. The number of carboxylic acids is 1. The number of aliphatic carboxylic acids is 1. The molecule has 0 unspecified atom stereocenters. The first kappa shape index (κ1) is 16.7. The fourth-order valence-electron chi connectivity index (χ4n) is 1.28. The smallest absolute Gasteiger partial charge is 0.328 e. The standard InChI is InChI=1S/C11H12Br2N2O5/c1-20-9-3-7(5(12)2-6(9)13)14-11(19)15-8(4-16)10(17)18/h2-3,8,16H,4H2,1H3,(H,17,18)(H2,14,15,19)/t8-/m0/s1. The molecule has 9 heteroatoms. The lowest BCUT2D eigenvalue weighted by Gasteiger charge is -2.14. The topological polar surface area (TPSA) is 108 Å². The second-order valence-electron chi connectivity index (χ2n) is 3.64. The van der Waals surface area contributed by atoms with Gasteiger partial charge in [0.05, 0.1) is 23.9 Å². The third-order valence-corrected chi connectivity index (χ3v) is 3.55. The quantitative estimate of drug-likeness (QED) is 0.590. The molecule has 0 saturated carbocycles. The second kappa shape index (κ2) is 7.46. The highest BCUT2D eigenvalue weighted by Crippen LogP contribution is 2.34. The van der Waals surface area contributed by atoms with E-state index in [-0.39, 0.29) is 0 Å². The first-order valence-electron chi connectivity index (χ1n) is 5.33. The summed E-state index contributed by atoms with van der Waals surface area (Å²) >= 11 is 6.54. The zero-order valence-corrected chi connectivity index (χ0v) is 13.5. The molecule has 20 heavy (non-hydrogen) atoms. The number of amides is 2. The third kappa shape index (κ3) is 4.36. The molecule has 1 aromatic carbocycles. The maximum atomic E-state index is 11.7. The molecule has 0 saturated heterocycles. The van der Waals surface area contributed by atoms with E-state index in [1.165, 1.54) is 7.11 Å². The Morgan fingerprint density at radius 3 is 2.50 bits per heavy atom. The van der Waals surface area contributed by atoms with Crippen molar-refractivity contribution in [1.29, 1.82) is 0 Å². The Balaban J connectivity index is 2.83. The minimum absolute atomic E-state index is 0.393. The first-order valence-corrected chi connectivity index (χ1v) is 6.91. The summed E-state index contributed by atoms with van der Waals surface area (Å²) < 4.78 is 6.36. The average Bonchev–Trinajstić information content (AvgIpc) is 2.38. The number of methoxy groups -OCH3 is 1. The summed E-state index contributed by atoms with van der Waals surface area (Å²) in [6.45, 7) is -0.701. The highest BCUT2D eigenvalue weighted by Gasteiger charge is 2.19. The Hall–Kier alpha value is -1.32. The molecule has 0 aliphatic heterocycles. The van der Waals surface area contributed by atoms with E-state index in [4.69, 9.17) is 14.9 Å². The van der Waals surface area contributed by atoms with Crippen molar-refractivity contribution in [1.82, 2.24) is 5.32 Å². The van der Waals surface area contributed by atoms with Crippen molar-refractivity contribution in [2.24, 2.45) is 0 Å². The molecule has 110 valence electrons. The molecule has 2 amide bonds. The van der Waals surface area contributed by atoms with E-state index in [2.05, 4.69) is 42.5 Å². The van der Waals surface area contributed by atoms with Gasteiger partial charge < -0.3 is 25.6 Å². The van der Waals surface area contributed by atoms with E-state index in [0.717, 1.165) is 0 Å². The lowest BCUT2D eigenvalue weighted by atomic mass is 10.3. The largest absolute Gasteiger partial charge is 0.495 e. The van der Waals surface area contributed by atoms with Gasteiger partial charge in [0.25, 0.3) is 0 Å². The van der Waals surface area contributed by atoms with Crippen molar-refractivity contribution in [3.63, 3.8) is 0 Å². The van der Waals surface area contributed by atoms with Gasteiger partial charge in [-0.15, -0.1) is 0 Å². The molecule has 0 aliphatic carbocycles. The Morgan fingerprint density at radius 1 is 1.35 bits per heavy atom. The molecule has 0 bridgehead atoms. The number of rotatable bonds is 5. The van der Waals surface area contributed by atoms with Gasteiger partial charge >= 0.3 is 12.0 Å². The van der Waals surface area contributed by atoms with Crippen LogP contribution in [0.1, 0.15) is 0 Å². The summed E-state index contributed by atoms with van der Waals surface area (Å²) in [6, 6.07) is 1.11. The van der Waals surface area contributed by atoms with E-state index in [1.807, 2.05) is 0 Å². The molecule has 1 rings (SSSR count). The summed E-state index contributed by atoms with van der Waals surface area (Å²) in [5, 5.41) is 22.1. The number of aliphatic hydroxyl groups excluding tert-OH is 1. The number of carboxylic acid groups (broad SMARTS) is 1. The van der Waals surface area contributed by atoms with Crippen LogP contribution in [-0.2, 0) is 4.79 Å². The minimum atomic E-state index is -1.37. The number of urea groups is 1. The molecule has 0 heterocycles. The number of carbonyl (C=O) groups is 2. The summed E-state index contributed by atoms with van der Waals surface area (Å²) in [7, 11) is 1.48. The van der Waals surface area contributed by atoms with Gasteiger partial charge in [-0.3, -0.25) is 0 Å². The molecule has 7 nitrogen and oxygen atoms in total. The van der Waals surface area contributed by atoms with Crippen LogP contribution in [0, 0.1) is 0 Å². The molecule has 4 N–H and O–H groups in total. The molecule has 0 aromatic heterocycles. The fraction of sp³-hybridized carbons (Fsp3) is 0.273. The van der Waals surface area contributed by atoms with Gasteiger partial charge in [-0.25, -0.2) is 9.59 Å². The predicted octanol–water partition coefficient (Wildman–Crippen LogP) is 1.79. The molecule has 1 atom stereocenters. The highest BCUT2D eigenvalue weighted by molar-refractivity contribution is 9.11. The van der Waals surface area contributed by atoms with Crippen LogP contribution < -0.4 is 15.4 Å². The van der Waals surface area contributed by atoms with Crippen LogP contribution in [-0.4, -0.2) is 42.0 Å². The van der Waals surface area contributed by atoms with Gasteiger partial charge in [0.2, 0.25) is 0 Å². The van der Waals surface area contributed by atoms with Gasteiger partial charge in [0.15, 0.2) is 6.04 Å². The molecular formula is C11H12Br2N2O5. The van der Waals surface area contributed by atoms with E-state index < -0.39 is 24.6 Å². The SMILES string of the molecule is COc1cc(NC(=O)N[C@@H](CO)C(=O)O)c(Br)cc1Br. The number of hydrogen-bond acceptors (Lipinski definition) is 4. The van der Waals surface area contributed by atoms with E-state index >= 15 is 0 Å². The highest BCUT2D eigenvalue weighted by atomic mass is 79.9. The van der Waals surface area contributed by atoms with Crippen LogP contribution in [0.25, 0.3) is 0 Å². The van der Waals surface area contributed by atoms with Gasteiger partial charge in [-0.2, -0.15) is 0 Å². The van der Waals surface area contributed by atoms with Crippen molar-refractivity contribution in [3.8, 4) is 5.75 Å². The van der Waals surface area contributed by atoms with Crippen LogP contribution in [0.5, 0.6) is 5.75 Å². The third-order valence-electron chi connectivity index (χ3n) is 2.28. The first-order chi connectivity index (χ1) is 9.38. The van der Waals surface area contributed by atoms with Crippen LogP contribution in [0.3, 0.4) is 0 Å². The zero-order valence-electron chi connectivity index (χ0n) is 10.3. The number of nitrogens with one attached hydrogen (secondary N) is 2. The Morgan fingerprint density at radius 2 is 2.00 bits per heavy atom. The van der Waals surface area contributed by atoms with E-state index in [9.17, 15) is 9.59 Å². The predicted molar refractivity (Wildman–Crippen MR) is 79.1 cm³/mol. The lowest BCUT2D eigenvalue weighted by Crippen LogP contribution is -2.45. The monoisotopic (exact) mass is 410 g/mol. The number of anilines is 1. The van der Waals surface area contributed by atoms with E-state index in [1.54, 1.807) is 12.1 Å². The van der Waals surface area contributed by atoms with Gasteiger partial charge in [-0.1, -0.05) is 0 Å². The molecule has 0 aliphatic rings. The number of ether oxygens (including phenoxy) is 1. The maximum Gasteiger partial charge on any atom is 0.328 e. The molecular weight excluding hydrogens is 400 g/mol. The summed E-state index contributed by atoms with van der Waals surface area (Å²) in [5.41, 5.74) is 0.393. The number of halogens is 2. The van der Waals surface area contributed by atoms with Crippen LogP contribution in [0.2, 0.25) is 0 Å². The number of benzene rings is 1. The number of carbonyl (C=O) groups excluding carboxylic acids is 1. The van der Waals surface area contributed by atoms with Crippen LogP contribution in [0.15, 0.2) is 21.1 Å². The number of hydrogen-bond donors (Lipinski definition) is 4. The number of aliphatic hydroxyl groups is 1. The van der Waals surface area contributed by atoms with Crippen molar-refractivity contribution in [2.75, 3.05) is 19.0 Å². The second-order valence-corrected chi connectivity index (χ2v) is 5.35. The van der Waals surface area contributed by atoms with Crippen molar-refractivity contribution in [3.05, 3.63) is 21.1 Å². The zero-order chi connectivity index (χ0) is 15.3. The average molecular weight is 412 g/mol. The normalized spacial score (nSPS) is 11.6. The fourth-order valence-corrected chi connectivity index (χ4v) is 2.54. The summed E-state index contributed by atoms with van der Waals surface area (Å²) in [4.78, 5) is 22.3. The van der Waals surface area contributed by atoms with Crippen LogP contribution in [0.4, 0.5) is 10.5 Å². The van der Waals surface area contributed by atoms with Gasteiger partial charge in [0.1, 0.15) is 5.75 Å². The van der Waals surface area contributed by atoms with Gasteiger partial charge in [0, 0.05) is 10.5 Å². The molecule has 0 fully saturated rings. The van der Waals surface area contributed by atoms with Gasteiger partial charge in [-0.05, 0) is 37.9 Å². The van der Waals surface area contributed by atoms with Crippen molar-refractivity contribution in [2.45, 2.75) is 6.04 Å². The van der Waals surface area contributed by atoms with Crippen molar-refractivity contribution >= 4 is 49.5 Å². The Labute approximate surface area is 131 Å². The Kier molecular flexibility index (Phi) is 6.24. The summed E-state index contributed by atoms with van der Waals surface area (Å²) in [6.07, 6.45) is 0. The van der Waals surface area contributed by atoms with Crippen molar-refractivity contribution < 1.29 is 24.5 Å². The molecule has 0 spiro atoms. The van der Waals surface area contributed by atoms with Crippen LogP contribution >= 0.6 is 31.9 Å². The minimum Gasteiger partial charge on any atom is -0.495 e. The van der Waals surface area contributed by atoms with E-state index in [0.29, 0.717) is 20.4 Å². The molecule has 1 aromatic rings. The Bertz CT molecular complexity index is 524. The molecule has 0 radical (unpaired) electrons.